The first-order valence-electron chi connectivity index (χ1n) is 7.56. The second-order valence-corrected chi connectivity index (χ2v) is 5.24. The average molecular weight is 284 g/mol. The summed E-state index contributed by atoms with van der Waals surface area (Å²) >= 11 is 0. The highest BCUT2D eigenvalue weighted by Crippen LogP contribution is 2.22. The van der Waals surface area contributed by atoms with Crippen molar-refractivity contribution in [3.63, 3.8) is 0 Å². The molecule has 1 aromatic heterocycles. The summed E-state index contributed by atoms with van der Waals surface area (Å²) < 4.78 is 0. The largest absolute Gasteiger partial charge is 0.373 e. The van der Waals surface area contributed by atoms with Crippen molar-refractivity contribution >= 4 is 11.6 Å². The van der Waals surface area contributed by atoms with E-state index in [9.17, 15) is 0 Å². The number of hydrogen-bond donors (Lipinski definition) is 2. The molecule has 2 rings (SSSR count). The molecule has 4 nitrogen and oxygen atoms in total. The second-order valence-electron chi connectivity index (χ2n) is 5.24. The van der Waals surface area contributed by atoms with E-state index >= 15 is 0 Å². The van der Waals surface area contributed by atoms with Crippen molar-refractivity contribution in [1.29, 1.82) is 0 Å². The summed E-state index contributed by atoms with van der Waals surface area (Å²) in [5.41, 5.74) is 2.51. The van der Waals surface area contributed by atoms with Crippen LogP contribution in [0.15, 0.2) is 36.7 Å². The van der Waals surface area contributed by atoms with Gasteiger partial charge in [-0.15, -0.1) is 0 Å². The van der Waals surface area contributed by atoms with Gasteiger partial charge in [0.05, 0.1) is 0 Å². The van der Waals surface area contributed by atoms with Gasteiger partial charge in [0.15, 0.2) is 0 Å². The summed E-state index contributed by atoms with van der Waals surface area (Å²) in [4.78, 5) is 8.71. The first kappa shape index (κ1) is 15.3. The molecule has 1 unspecified atom stereocenters. The number of anilines is 2. The quantitative estimate of drug-likeness (QED) is 0.814. The third kappa shape index (κ3) is 3.94. The van der Waals surface area contributed by atoms with Crippen molar-refractivity contribution in [3.8, 4) is 0 Å². The summed E-state index contributed by atoms with van der Waals surface area (Å²) in [5.74, 6) is 2.30. The molecule has 0 aliphatic carbocycles. The van der Waals surface area contributed by atoms with Crippen molar-refractivity contribution in [3.05, 3.63) is 47.8 Å². The van der Waals surface area contributed by atoms with Crippen LogP contribution >= 0.6 is 0 Å². The van der Waals surface area contributed by atoms with Crippen molar-refractivity contribution in [2.24, 2.45) is 0 Å². The molecule has 0 aliphatic rings. The standard InChI is InChI=1S/C17H24N4/c1-4-8-15-16(18-3)20-12-21-17(15)19-11-13(2)14-9-6-5-7-10-14/h5-7,9-10,12-13H,4,8,11H2,1-3H3,(H2,18,19,20,21). The van der Waals surface area contributed by atoms with E-state index in [1.165, 1.54) is 11.1 Å². The summed E-state index contributed by atoms with van der Waals surface area (Å²) in [7, 11) is 1.90. The van der Waals surface area contributed by atoms with Crippen LogP contribution < -0.4 is 10.6 Å². The van der Waals surface area contributed by atoms with Gasteiger partial charge in [-0.1, -0.05) is 50.6 Å². The maximum atomic E-state index is 4.41. The third-order valence-electron chi connectivity index (χ3n) is 3.63. The maximum absolute atomic E-state index is 4.41. The minimum Gasteiger partial charge on any atom is -0.373 e. The number of hydrogen-bond acceptors (Lipinski definition) is 4. The Bertz CT molecular complexity index is 554. The number of aromatic nitrogens is 2. The van der Waals surface area contributed by atoms with Gasteiger partial charge >= 0.3 is 0 Å². The molecule has 0 amide bonds. The molecule has 4 heteroatoms. The van der Waals surface area contributed by atoms with Gasteiger partial charge in [0.25, 0.3) is 0 Å². The molecular weight excluding hydrogens is 260 g/mol. The van der Waals surface area contributed by atoms with Gasteiger partial charge < -0.3 is 10.6 Å². The van der Waals surface area contributed by atoms with Crippen molar-refractivity contribution in [2.45, 2.75) is 32.6 Å². The van der Waals surface area contributed by atoms with E-state index in [0.717, 1.165) is 31.0 Å². The highest BCUT2D eigenvalue weighted by Gasteiger charge is 2.11. The minimum atomic E-state index is 0.439. The second kappa shape index (κ2) is 7.62. The van der Waals surface area contributed by atoms with Crippen LogP contribution in [0.3, 0.4) is 0 Å². The van der Waals surface area contributed by atoms with Gasteiger partial charge in [-0.05, 0) is 17.9 Å². The Hall–Kier alpha value is -2.10. The topological polar surface area (TPSA) is 49.8 Å². The molecule has 0 saturated carbocycles. The number of nitrogens with zero attached hydrogens (tertiary/aromatic N) is 2. The summed E-state index contributed by atoms with van der Waals surface area (Å²) in [5, 5.41) is 6.63. The lowest BCUT2D eigenvalue weighted by Crippen LogP contribution is -2.14. The Labute approximate surface area is 127 Å². The molecule has 0 radical (unpaired) electrons. The SMILES string of the molecule is CCCc1c(NC)ncnc1NCC(C)c1ccccc1. The lowest BCUT2D eigenvalue weighted by atomic mass is 10.0. The monoisotopic (exact) mass is 284 g/mol. The predicted molar refractivity (Wildman–Crippen MR) is 88.9 cm³/mol. The molecule has 0 spiro atoms. The fourth-order valence-electron chi connectivity index (χ4n) is 2.42. The normalized spacial score (nSPS) is 12.0. The van der Waals surface area contributed by atoms with E-state index in [2.05, 4.69) is 58.7 Å². The maximum Gasteiger partial charge on any atom is 0.134 e. The van der Waals surface area contributed by atoms with Gasteiger partial charge in [-0.3, -0.25) is 0 Å². The van der Waals surface area contributed by atoms with Gasteiger partial charge in [0.1, 0.15) is 18.0 Å². The van der Waals surface area contributed by atoms with E-state index < -0.39 is 0 Å². The first-order valence-corrected chi connectivity index (χ1v) is 7.56. The molecular formula is C17H24N4. The third-order valence-corrected chi connectivity index (χ3v) is 3.63. The number of benzene rings is 1. The van der Waals surface area contributed by atoms with Gasteiger partial charge in [0.2, 0.25) is 0 Å². The Morgan fingerprint density at radius 1 is 1.10 bits per heavy atom. The highest BCUT2D eigenvalue weighted by atomic mass is 15.1. The van der Waals surface area contributed by atoms with Crippen LogP contribution in [0.2, 0.25) is 0 Å². The zero-order chi connectivity index (χ0) is 15.1. The van der Waals surface area contributed by atoms with Crippen molar-refractivity contribution < 1.29 is 0 Å². The van der Waals surface area contributed by atoms with Crippen LogP contribution in [0.1, 0.15) is 37.3 Å². The molecule has 2 aromatic rings. The lowest BCUT2D eigenvalue weighted by molar-refractivity contribution is 0.796. The zero-order valence-electron chi connectivity index (χ0n) is 13.1. The van der Waals surface area contributed by atoms with Crippen LogP contribution in [-0.4, -0.2) is 23.6 Å². The van der Waals surface area contributed by atoms with Gasteiger partial charge in [0, 0.05) is 19.2 Å². The van der Waals surface area contributed by atoms with Gasteiger partial charge in [-0.25, -0.2) is 9.97 Å². The molecule has 112 valence electrons. The molecule has 0 saturated heterocycles. The zero-order valence-corrected chi connectivity index (χ0v) is 13.1. The van der Waals surface area contributed by atoms with E-state index in [0.29, 0.717) is 5.92 Å². The molecule has 1 atom stereocenters. The van der Waals surface area contributed by atoms with Crippen molar-refractivity contribution in [2.75, 3.05) is 24.2 Å². The minimum absolute atomic E-state index is 0.439. The Balaban J connectivity index is 2.09. The molecule has 0 aliphatic heterocycles. The van der Waals surface area contributed by atoms with Crippen LogP contribution in [0.25, 0.3) is 0 Å². The summed E-state index contributed by atoms with van der Waals surface area (Å²) in [6.45, 7) is 5.26. The lowest BCUT2D eigenvalue weighted by Gasteiger charge is -2.17. The van der Waals surface area contributed by atoms with E-state index in [4.69, 9.17) is 0 Å². The van der Waals surface area contributed by atoms with Crippen LogP contribution in [0.5, 0.6) is 0 Å². The Morgan fingerprint density at radius 3 is 2.48 bits per heavy atom. The number of nitrogens with one attached hydrogen (secondary N) is 2. The molecule has 1 heterocycles. The fourth-order valence-corrected chi connectivity index (χ4v) is 2.42. The average Bonchev–Trinajstić information content (AvgIpc) is 2.54. The molecule has 2 N–H and O–H groups in total. The van der Waals surface area contributed by atoms with Crippen LogP contribution in [0.4, 0.5) is 11.6 Å². The summed E-state index contributed by atoms with van der Waals surface area (Å²) in [6, 6.07) is 10.5. The molecule has 21 heavy (non-hydrogen) atoms. The van der Waals surface area contributed by atoms with Gasteiger partial charge in [-0.2, -0.15) is 0 Å². The highest BCUT2D eigenvalue weighted by molar-refractivity contribution is 5.57. The van der Waals surface area contributed by atoms with Crippen molar-refractivity contribution in [1.82, 2.24) is 9.97 Å². The van der Waals surface area contributed by atoms with E-state index in [1.54, 1.807) is 6.33 Å². The van der Waals surface area contributed by atoms with E-state index in [1.807, 2.05) is 13.1 Å². The van der Waals surface area contributed by atoms with E-state index in [-0.39, 0.29) is 0 Å². The molecule has 1 aromatic carbocycles. The molecule has 0 fully saturated rings. The first-order chi connectivity index (χ1) is 10.3. The number of rotatable bonds is 7. The molecule has 0 bridgehead atoms. The predicted octanol–water partition coefficient (Wildman–Crippen LogP) is 3.69. The van der Waals surface area contributed by atoms with Crippen LogP contribution in [0, 0.1) is 0 Å². The summed E-state index contributed by atoms with van der Waals surface area (Å²) in [6.07, 6.45) is 3.66. The Morgan fingerprint density at radius 2 is 1.81 bits per heavy atom. The fraction of sp³-hybridized carbons (Fsp3) is 0.412. The van der Waals surface area contributed by atoms with Crippen LogP contribution in [-0.2, 0) is 6.42 Å². The Kier molecular flexibility index (Phi) is 5.55. The smallest absolute Gasteiger partial charge is 0.134 e.